The van der Waals surface area contributed by atoms with Crippen LogP contribution in [0.4, 0.5) is 5.69 Å². The maximum atomic E-state index is 12.8. The third kappa shape index (κ3) is 2.24. The fraction of sp³-hybridized carbons (Fsp3) is 0.250. The molecule has 2 aromatic carbocycles. The number of benzene rings is 2. The SMILES string of the molecule is O=C1CCCC2=C1[C@H](c1ccccc1Cl)c1cc3c(cc1N2)OCO3. The van der Waals surface area contributed by atoms with Gasteiger partial charge in [-0.2, -0.15) is 0 Å². The van der Waals surface area contributed by atoms with Crippen LogP contribution in [0.2, 0.25) is 5.02 Å². The average molecular weight is 354 g/mol. The van der Waals surface area contributed by atoms with Gasteiger partial charge in [-0.25, -0.2) is 0 Å². The molecule has 0 amide bonds. The Bertz CT molecular complexity index is 935. The Kier molecular flexibility index (Phi) is 3.28. The summed E-state index contributed by atoms with van der Waals surface area (Å²) in [4.78, 5) is 12.8. The molecule has 2 aromatic rings. The van der Waals surface area contributed by atoms with E-state index in [1.54, 1.807) is 0 Å². The van der Waals surface area contributed by atoms with Crippen molar-refractivity contribution in [3.8, 4) is 11.5 Å². The highest BCUT2D eigenvalue weighted by Crippen LogP contribution is 2.50. The van der Waals surface area contributed by atoms with Crippen LogP contribution in [0.15, 0.2) is 47.7 Å². The molecule has 25 heavy (non-hydrogen) atoms. The molecule has 0 bridgehead atoms. The number of ether oxygens (including phenoxy) is 2. The van der Waals surface area contributed by atoms with Crippen LogP contribution in [0.1, 0.15) is 36.3 Å². The Morgan fingerprint density at radius 2 is 1.84 bits per heavy atom. The molecule has 0 spiro atoms. The molecule has 5 heteroatoms. The molecule has 4 nitrogen and oxygen atoms in total. The van der Waals surface area contributed by atoms with Gasteiger partial charge in [0.05, 0.1) is 0 Å². The van der Waals surface area contributed by atoms with Crippen molar-refractivity contribution < 1.29 is 14.3 Å². The number of nitrogens with one attached hydrogen (secondary N) is 1. The normalized spacial score (nSPS) is 20.8. The van der Waals surface area contributed by atoms with Gasteiger partial charge < -0.3 is 14.8 Å². The molecule has 0 saturated carbocycles. The first-order valence-corrected chi connectivity index (χ1v) is 8.81. The van der Waals surface area contributed by atoms with E-state index in [2.05, 4.69) is 5.32 Å². The molecule has 0 fully saturated rings. The number of hydrogen-bond donors (Lipinski definition) is 1. The number of carbonyl (C=O) groups excluding carboxylic acids is 1. The van der Waals surface area contributed by atoms with E-state index in [0.29, 0.717) is 17.2 Å². The molecule has 0 radical (unpaired) electrons. The summed E-state index contributed by atoms with van der Waals surface area (Å²) in [5, 5.41) is 4.13. The van der Waals surface area contributed by atoms with Crippen LogP contribution >= 0.6 is 11.6 Å². The van der Waals surface area contributed by atoms with E-state index >= 15 is 0 Å². The molecule has 1 aliphatic carbocycles. The summed E-state index contributed by atoms with van der Waals surface area (Å²) in [6.45, 7) is 0.223. The summed E-state index contributed by atoms with van der Waals surface area (Å²) in [6.07, 6.45) is 2.33. The van der Waals surface area contributed by atoms with Crippen molar-refractivity contribution in [3.63, 3.8) is 0 Å². The first-order valence-electron chi connectivity index (χ1n) is 8.43. The highest BCUT2D eigenvalue weighted by molar-refractivity contribution is 6.31. The van der Waals surface area contributed by atoms with Gasteiger partial charge >= 0.3 is 0 Å². The van der Waals surface area contributed by atoms with Crippen molar-refractivity contribution in [1.82, 2.24) is 0 Å². The van der Waals surface area contributed by atoms with Gasteiger partial charge in [-0.3, -0.25) is 4.79 Å². The number of hydrogen-bond acceptors (Lipinski definition) is 4. The van der Waals surface area contributed by atoms with E-state index in [1.165, 1.54) is 0 Å². The molecule has 2 aliphatic heterocycles. The lowest BCUT2D eigenvalue weighted by Gasteiger charge is -2.34. The van der Waals surface area contributed by atoms with Crippen LogP contribution in [0.3, 0.4) is 0 Å². The molecule has 3 aliphatic rings. The number of rotatable bonds is 1. The van der Waals surface area contributed by atoms with Gasteiger partial charge in [-0.15, -0.1) is 0 Å². The van der Waals surface area contributed by atoms with E-state index in [1.807, 2.05) is 36.4 Å². The zero-order valence-corrected chi connectivity index (χ0v) is 14.2. The summed E-state index contributed by atoms with van der Waals surface area (Å²) >= 11 is 6.51. The summed E-state index contributed by atoms with van der Waals surface area (Å²) in [6, 6.07) is 11.7. The van der Waals surface area contributed by atoms with Crippen molar-refractivity contribution in [2.75, 3.05) is 12.1 Å². The number of halogens is 1. The summed E-state index contributed by atoms with van der Waals surface area (Å²) < 4.78 is 11.1. The Labute approximate surface area is 150 Å². The van der Waals surface area contributed by atoms with Crippen LogP contribution in [0.5, 0.6) is 11.5 Å². The Morgan fingerprint density at radius 1 is 1.04 bits per heavy atom. The molecule has 5 rings (SSSR count). The predicted octanol–water partition coefficient (Wildman–Crippen LogP) is 4.63. The summed E-state index contributed by atoms with van der Waals surface area (Å²) in [7, 11) is 0. The van der Waals surface area contributed by atoms with Crippen molar-refractivity contribution in [2.24, 2.45) is 0 Å². The largest absolute Gasteiger partial charge is 0.454 e. The molecule has 1 N–H and O–H groups in total. The maximum absolute atomic E-state index is 12.8. The highest BCUT2D eigenvalue weighted by Gasteiger charge is 2.37. The summed E-state index contributed by atoms with van der Waals surface area (Å²) in [5.74, 6) is 1.46. The highest BCUT2D eigenvalue weighted by atomic mass is 35.5. The molecule has 1 atom stereocenters. The second-order valence-corrected chi connectivity index (χ2v) is 6.95. The smallest absolute Gasteiger partial charge is 0.231 e. The second kappa shape index (κ2) is 5.53. The lowest BCUT2D eigenvalue weighted by molar-refractivity contribution is -0.116. The van der Waals surface area contributed by atoms with Crippen LogP contribution in [0.25, 0.3) is 0 Å². The first kappa shape index (κ1) is 14.8. The van der Waals surface area contributed by atoms with E-state index in [-0.39, 0.29) is 18.5 Å². The third-order valence-electron chi connectivity index (χ3n) is 5.10. The number of allylic oxidation sites excluding steroid dienone is 2. The fourth-order valence-corrected chi connectivity index (χ4v) is 4.23. The monoisotopic (exact) mass is 353 g/mol. The quantitative estimate of drug-likeness (QED) is 0.811. The lowest BCUT2D eigenvalue weighted by atomic mass is 9.75. The van der Waals surface area contributed by atoms with Gasteiger partial charge in [0.1, 0.15) is 0 Å². The minimum absolute atomic E-state index is 0.178. The molecular weight excluding hydrogens is 338 g/mol. The molecule has 0 unspecified atom stereocenters. The van der Waals surface area contributed by atoms with E-state index in [4.69, 9.17) is 21.1 Å². The van der Waals surface area contributed by atoms with Crippen LogP contribution in [-0.4, -0.2) is 12.6 Å². The Morgan fingerprint density at radius 3 is 2.68 bits per heavy atom. The van der Waals surface area contributed by atoms with Crippen molar-refractivity contribution >= 4 is 23.1 Å². The Balaban J connectivity index is 1.77. The second-order valence-electron chi connectivity index (χ2n) is 6.54. The van der Waals surface area contributed by atoms with Crippen molar-refractivity contribution in [2.45, 2.75) is 25.2 Å². The molecule has 0 aromatic heterocycles. The topological polar surface area (TPSA) is 47.6 Å². The number of carbonyl (C=O) groups is 1. The van der Waals surface area contributed by atoms with E-state index < -0.39 is 0 Å². The Hall–Kier alpha value is -2.46. The lowest BCUT2D eigenvalue weighted by Crippen LogP contribution is -2.27. The number of anilines is 1. The number of ketones is 1. The van der Waals surface area contributed by atoms with Gasteiger partial charge in [-0.05, 0) is 36.1 Å². The van der Waals surface area contributed by atoms with E-state index in [0.717, 1.165) is 46.7 Å². The van der Waals surface area contributed by atoms with Gasteiger partial charge in [0.25, 0.3) is 0 Å². The van der Waals surface area contributed by atoms with Crippen molar-refractivity contribution in [3.05, 3.63) is 63.8 Å². The standard InChI is InChI=1S/C20H16ClNO3/c21-13-5-2-1-4-11(13)19-12-8-17-18(25-10-24-17)9-15(12)22-14-6-3-7-16(23)20(14)19/h1-2,4-5,8-9,19,22H,3,6-7,10H2/t19-/m1/s1. The van der Waals surface area contributed by atoms with Crippen LogP contribution < -0.4 is 14.8 Å². The maximum Gasteiger partial charge on any atom is 0.231 e. The van der Waals surface area contributed by atoms with Gasteiger partial charge in [0.15, 0.2) is 17.3 Å². The number of fused-ring (bicyclic) bond motifs is 2. The predicted molar refractivity (Wildman–Crippen MR) is 95.4 cm³/mol. The van der Waals surface area contributed by atoms with Gasteiger partial charge in [0, 0.05) is 40.4 Å². The molecule has 126 valence electrons. The third-order valence-corrected chi connectivity index (χ3v) is 5.45. The molecule has 2 heterocycles. The van der Waals surface area contributed by atoms with Crippen molar-refractivity contribution in [1.29, 1.82) is 0 Å². The zero-order valence-electron chi connectivity index (χ0n) is 13.5. The minimum atomic E-state index is -0.178. The first-order chi connectivity index (χ1) is 12.2. The molecular formula is C20H16ClNO3. The van der Waals surface area contributed by atoms with Crippen LogP contribution in [-0.2, 0) is 4.79 Å². The fourth-order valence-electron chi connectivity index (χ4n) is 3.98. The zero-order chi connectivity index (χ0) is 17.0. The van der Waals surface area contributed by atoms with Gasteiger partial charge in [0.2, 0.25) is 6.79 Å². The average Bonchev–Trinajstić information content (AvgIpc) is 3.06. The van der Waals surface area contributed by atoms with Crippen LogP contribution in [0, 0.1) is 0 Å². The van der Waals surface area contributed by atoms with Gasteiger partial charge in [-0.1, -0.05) is 29.8 Å². The van der Waals surface area contributed by atoms with E-state index in [9.17, 15) is 4.79 Å². The molecule has 0 saturated heterocycles. The summed E-state index contributed by atoms with van der Waals surface area (Å²) in [5.41, 5.74) is 4.76. The minimum Gasteiger partial charge on any atom is -0.454 e. The number of Topliss-reactive ketones (excluding diaryl/α,β-unsaturated/α-hetero) is 1.